The molecule has 1 atom stereocenters. The van der Waals surface area contributed by atoms with Crippen LogP contribution in [0.1, 0.15) is 26.2 Å². The second kappa shape index (κ2) is 12.7. The summed E-state index contributed by atoms with van der Waals surface area (Å²) in [5, 5.41) is 16.6. The van der Waals surface area contributed by atoms with E-state index in [2.05, 4.69) is 12.6 Å². The molecule has 0 fully saturated rings. The summed E-state index contributed by atoms with van der Waals surface area (Å²) in [5.41, 5.74) is 10.4. The number of nitrogens with two attached hydrogens (primary N) is 2. The van der Waals surface area contributed by atoms with E-state index in [1.807, 2.05) is 0 Å². The molecule has 0 aromatic carbocycles. The molecular weight excluding hydrogens is 286 g/mol. The van der Waals surface area contributed by atoms with Gasteiger partial charge in [0, 0.05) is 6.92 Å². The fourth-order valence-corrected chi connectivity index (χ4v) is 1.36. The number of hydrogen-bond donors (Lipinski definition) is 5. The lowest BCUT2D eigenvalue weighted by Crippen LogP contribution is -2.32. The minimum atomic E-state index is -1.02. The Morgan fingerprint density at radius 3 is 2.05 bits per heavy atom. The van der Waals surface area contributed by atoms with Crippen LogP contribution in [0.2, 0.25) is 0 Å². The third-order valence-electron chi connectivity index (χ3n) is 2.23. The first kappa shape index (κ1) is 21.0. The van der Waals surface area contributed by atoms with Crippen molar-refractivity contribution in [2.24, 2.45) is 11.5 Å². The first-order valence-corrected chi connectivity index (χ1v) is 6.66. The molecule has 0 saturated carbocycles. The largest absolute Gasteiger partial charge is 0.480 e. The number of thiol groups is 1. The van der Waals surface area contributed by atoms with Crippen molar-refractivity contribution in [3.63, 3.8) is 0 Å². The number of amides is 1. The topological polar surface area (TPSA) is 147 Å². The van der Waals surface area contributed by atoms with Gasteiger partial charge in [-0.25, -0.2) is 0 Å². The number of carbonyl (C=O) groups is 3. The molecule has 118 valence electrons. The van der Waals surface area contributed by atoms with E-state index >= 15 is 0 Å². The smallest absolute Gasteiger partial charge is 0.323 e. The minimum absolute atomic E-state index is 0.141. The Balaban J connectivity index is 0. The summed E-state index contributed by atoms with van der Waals surface area (Å²) in [5.74, 6) is -2.10. The molecule has 1 amide bonds. The number of nitrogens with zero attached hydrogens (tertiary/aromatic N) is 1. The van der Waals surface area contributed by atoms with Crippen molar-refractivity contribution in [3.05, 3.63) is 0 Å². The lowest BCUT2D eigenvalue weighted by Gasteiger charge is -2.14. The van der Waals surface area contributed by atoms with E-state index in [0.717, 1.165) is 17.7 Å². The van der Waals surface area contributed by atoms with Crippen LogP contribution in [0.3, 0.4) is 0 Å². The quantitative estimate of drug-likeness (QED) is 0.227. The van der Waals surface area contributed by atoms with E-state index in [9.17, 15) is 14.4 Å². The van der Waals surface area contributed by atoms with E-state index < -0.39 is 18.0 Å². The van der Waals surface area contributed by atoms with Crippen LogP contribution >= 0.6 is 12.6 Å². The predicted octanol–water partition coefficient (Wildman–Crippen LogP) is -0.666. The lowest BCUT2D eigenvalue weighted by molar-refractivity contribution is -0.142. The molecule has 0 heterocycles. The molecule has 20 heavy (non-hydrogen) atoms. The summed E-state index contributed by atoms with van der Waals surface area (Å²) >= 11 is 3.77. The highest BCUT2D eigenvalue weighted by Crippen LogP contribution is 1.97. The Morgan fingerprint density at radius 1 is 1.25 bits per heavy atom. The third kappa shape index (κ3) is 13.1. The van der Waals surface area contributed by atoms with Gasteiger partial charge in [0.05, 0.1) is 5.88 Å². The summed E-state index contributed by atoms with van der Waals surface area (Å²) < 4.78 is 0. The van der Waals surface area contributed by atoms with Crippen molar-refractivity contribution in [1.82, 2.24) is 4.90 Å². The molecule has 0 rings (SSSR count). The first-order valence-electron chi connectivity index (χ1n) is 6.02. The molecule has 0 aliphatic carbocycles. The van der Waals surface area contributed by atoms with Gasteiger partial charge in [0.15, 0.2) is 0 Å². The van der Waals surface area contributed by atoms with Crippen molar-refractivity contribution in [3.8, 4) is 0 Å². The van der Waals surface area contributed by atoms with Gasteiger partial charge in [0.2, 0.25) is 5.91 Å². The predicted molar refractivity (Wildman–Crippen MR) is 77.4 cm³/mol. The number of aliphatic carboxylic acids is 2. The second-order valence-corrected chi connectivity index (χ2v) is 4.26. The maximum Gasteiger partial charge on any atom is 0.323 e. The molecule has 8 nitrogen and oxygen atoms in total. The van der Waals surface area contributed by atoms with Crippen LogP contribution in [0.4, 0.5) is 0 Å². The monoisotopic (exact) mass is 309 g/mol. The molecule has 0 aliphatic heterocycles. The van der Waals surface area contributed by atoms with Gasteiger partial charge in [-0.05, 0) is 19.4 Å². The fourth-order valence-electron chi connectivity index (χ4n) is 1.06. The van der Waals surface area contributed by atoms with Gasteiger partial charge in [0.25, 0.3) is 0 Å². The highest BCUT2D eigenvalue weighted by atomic mass is 32.1. The van der Waals surface area contributed by atoms with Gasteiger partial charge in [-0.2, -0.15) is 12.6 Å². The molecule has 0 bridgehead atoms. The minimum Gasteiger partial charge on any atom is -0.480 e. The highest BCUT2D eigenvalue weighted by Gasteiger charge is 2.09. The summed E-state index contributed by atoms with van der Waals surface area (Å²) in [6, 6.07) is -0.716. The number of hydrogen-bond acceptors (Lipinski definition) is 6. The van der Waals surface area contributed by atoms with E-state index in [0.29, 0.717) is 13.0 Å². The van der Waals surface area contributed by atoms with Crippen LogP contribution in [0.5, 0.6) is 0 Å². The Morgan fingerprint density at radius 2 is 1.80 bits per heavy atom. The Labute approximate surface area is 123 Å². The number of carboxylic acids is 2. The lowest BCUT2D eigenvalue weighted by atomic mass is 10.1. The number of unbranched alkanes of at least 4 members (excludes halogenated alkanes) is 1. The van der Waals surface area contributed by atoms with Gasteiger partial charge < -0.3 is 26.6 Å². The van der Waals surface area contributed by atoms with Crippen molar-refractivity contribution in [2.75, 3.05) is 19.0 Å². The summed E-state index contributed by atoms with van der Waals surface area (Å²) in [6.45, 7) is 1.63. The van der Waals surface area contributed by atoms with Crippen molar-refractivity contribution >= 4 is 30.5 Å². The molecule has 1 unspecified atom stereocenters. The normalized spacial score (nSPS) is 11.0. The summed E-state index contributed by atoms with van der Waals surface area (Å²) in [6.07, 6.45) is 2.16. The van der Waals surface area contributed by atoms with Crippen molar-refractivity contribution < 1.29 is 24.6 Å². The zero-order valence-electron chi connectivity index (χ0n) is 11.5. The molecule has 0 aromatic rings. The van der Waals surface area contributed by atoms with E-state index in [1.54, 1.807) is 0 Å². The number of rotatable bonds is 8. The molecule has 0 aromatic heterocycles. The number of carbonyl (C=O) groups excluding carboxylic acids is 1. The SMILES string of the molecule is CC(=O)N(CS)CC(=O)O.NCCCCC(N)C(=O)O. The summed E-state index contributed by atoms with van der Waals surface area (Å²) in [4.78, 5) is 31.8. The first-order chi connectivity index (χ1) is 9.26. The molecule has 9 heteroatoms. The van der Waals surface area contributed by atoms with Crippen LogP contribution in [0.15, 0.2) is 0 Å². The summed E-state index contributed by atoms with van der Waals surface area (Å²) in [7, 11) is 0. The Hall–Kier alpha value is -1.32. The standard InChI is InChI=1S/C6H14N2O2.C5H9NO3S/c7-4-2-1-3-5(8)6(9)10;1-4(7)6(3-10)2-5(8)9/h5H,1-4,7-8H2,(H,9,10);10H,2-3H2,1H3,(H,8,9). The van der Waals surface area contributed by atoms with Crippen molar-refractivity contribution in [1.29, 1.82) is 0 Å². The van der Waals surface area contributed by atoms with E-state index in [4.69, 9.17) is 21.7 Å². The molecule has 0 spiro atoms. The maximum absolute atomic E-state index is 10.5. The van der Waals surface area contributed by atoms with Gasteiger partial charge in [-0.15, -0.1) is 0 Å². The zero-order chi connectivity index (χ0) is 16.1. The number of carboxylic acid groups (broad SMARTS) is 2. The maximum atomic E-state index is 10.5. The van der Waals surface area contributed by atoms with Crippen LogP contribution < -0.4 is 11.5 Å². The average Bonchev–Trinajstić information content (AvgIpc) is 2.36. The Bertz CT molecular complexity index is 314. The highest BCUT2D eigenvalue weighted by molar-refractivity contribution is 7.80. The van der Waals surface area contributed by atoms with Crippen LogP contribution in [-0.2, 0) is 14.4 Å². The van der Waals surface area contributed by atoms with E-state index in [1.165, 1.54) is 6.92 Å². The van der Waals surface area contributed by atoms with Gasteiger partial charge in [-0.1, -0.05) is 6.42 Å². The second-order valence-electron chi connectivity index (χ2n) is 3.98. The molecule has 0 saturated heterocycles. The van der Waals surface area contributed by atoms with Crippen LogP contribution in [0, 0.1) is 0 Å². The van der Waals surface area contributed by atoms with Gasteiger partial charge >= 0.3 is 11.9 Å². The van der Waals surface area contributed by atoms with Crippen LogP contribution in [-0.4, -0.2) is 58.0 Å². The fraction of sp³-hybridized carbons (Fsp3) is 0.727. The molecule has 0 radical (unpaired) electrons. The molecule has 6 N–H and O–H groups in total. The van der Waals surface area contributed by atoms with E-state index in [-0.39, 0.29) is 18.3 Å². The van der Waals surface area contributed by atoms with Crippen LogP contribution in [0.25, 0.3) is 0 Å². The van der Waals surface area contributed by atoms with Gasteiger partial charge in [0.1, 0.15) is 12.6 Å². The Kier molecular flexibility index (Phi) is 13.3. The molecular formula is C11H23N3O5S. The van der Waals surface area contributed by atoms with Gasteiger partial charge in [-0.3, -0.25) is 14.4 Å². The average molecular weight is 309 g/mol. The van der Waals surface area contributed by atoms with Crippen molar-refractivity contribution in [2.45, 2.75) is 32.2 Å². The molecule has 0 aliphatic rings. The zero-order valence-corrected chi connectivity index (χ0v) is 12.4. The third-order valence-corrected chi connectivity index (χ3v) is 2.57.